The Kier molecular flexibility index (Phi) is 3.15. The monoisotopic (exact) mass is 316 g/mol. The maximum atomic E-state index is 4.96. The van der Waals surface area contributed by atoms with Gasteiger partial charge < -0.3 is 10.3 Å². The summed E-state index contributed by atoms with van der Waals surface area (Å²) in [5, 5.41) is 3.57. The van der Waals surface area contributed by atoms with Crippen LogP contribution in [0.25, 0.3) is 6.08 Å². The molecule has 5 rings (SSSR count). The molecule has 0 amide bonds. The van der Waals surface area contributed by atoms with Gasteiger partial charge in [0.15, 0.2) is 0 Å². The van der Waals surface area contributed by atoms with Crippen molar-refractivity contribution < 1.29 is 0 Å². The number of nitrogens with zero attached hydrogens (tertiary/aromatic N) is 2. The molecule has 24 heavy (non-hydrogen) atoms. The van der Waals surface area contributed by atoms with Gasteiger partial charge >= 0.3 is 0 Å². The number of allylic oxidation sites excluding steroid dienone is 4. The second kappa shape index (κ2) is 5.48. The Hall–Kier alpha value is -2.62. The number of aliphatic imine (C=N–C) groups is 2. The topological polar surface area (TPSA) is 52.5 Å². The highest BCUT2D eigenvalue weighted by molar-refractivity contribution is 6.08. The van der Waals surface area contributed by atoms with Crippen molar-refractivity contribution in [2.45, 2.75) is 37.8 Å². The molecule has 0 saturated heterocycles. The van der Waals surface area contributed by atoms with Crippen LogP contribution in [0.2, 0.25) is 0 Å². The third kappa shape index (κ3) is 2.68. The standard InChI is InChI=1S/C20H20N4/c1-2-14-10-16-5-6-18(23-16)12-20-8-7-19(24-20)11-17-4-3-15(22-17)9-13(1)21-14/h1-6,9-10,17,20,22-23H,7-8,11-12H2/b14-10-,15-9-. The van der Waals surface area contributed by atoms with E-state index in [9.17, 15) is 0 Å². The van der Waals surface area contributed by atoms with Gasteiger partial charge in [-0.2, -0.15) is 0 Å². The van der Waals surface area contributed by atoms with Crippen LogP contribution in [0.15, 0.2) is 63.9 Å². The summed E-state index contributed by atoms with van der Waals surface area (Å²) in [6, 6.07) is 5.09. The molecule has 4 heteroatoms. The van der Waals surface area contributed by atoms with Crippen LogP contribution in [0.5, 0.6) is 0 Å². The molecule has 1 aromatic rings. The predicted molar refractivity (Wildman–Crippen MR) is 98.3 cm³/mol. The average molecular weight is 316 g/mol. The lowest BCUT2D eigenvalue weighted by atomic mass is 10.1. The molecule has 1 aromatic heterocycles. The Labute approximate surface area is 141 Å². The van der Waals surface area contributed by atoms with Gasteiger partial charge in [-0.15, -0.1) is 0 Å². The molecule has 2 N–H and O–H groups in total. The van der Waals surface area contributed by atoms with E-state index >= 15 is 0 Å². The summed E-state index contributed by atoms with van der Waals surface area (Å²) in [5.41, 5.74) is 6.83. The van der Waals surface area contributed by atoms with E-state index in [1.54, 1.807) is 0 Å². The Bertz CT molecular complexity index is 860. The maximum absolute atomic E-state index is 4.96. The fraction of sp³-hybridized carbons (Fsp3) is 0.300. The molecule has 8 bridgehead atoms. The number of H-pyrrole nitrogens is 1. The summed E-state index contributed by atoms with van der Waals surface area (Å²) in [5.74, 6) is 0. The van der Waals surface area contributed by atoms with Crippen molar-refractivity contribution in [3.8, 4) is 0 Å². The van der Waals surface area contributed by atoms with Gasteiger partial charge in [-0.25, -0.2) is 4.99 Å². The first-order chi connectivity index (χ1) is 11.8. The molecular formula is C20H20N4. The number of aromatic nitrogens is 1. The van der Waals surface area contributed by atoms with Crippen molar-refractivity contribution >= 4 is 17.5 Å². The Morgan fingerprint density at radius 3 is 3.04 bits per heavy atom. The van der Waals surface area contributed by atoms with E-state index in [2.05, 4.69) is 63.9 Å². The van der Waals surface area contributed by atoms with Gasteiger partial charge in [0.25, 0.3) is 0 Å². The fourth-order valence-electron chi connectivity index (χ4n) is 3.81. The van der Waals surface area contributed by atoms with Crippen LogP contribution in [0.1, 0.15) is 30.7 Å². The molecule has 0 fully saturated rings. The molecule has 4 aliphatic rings. The van der Waals surface area contributed by atoms with E-state index in [0.717, 1.165) is 42.1 Å². The molecule has 0 saturated carbocycles. The summed E-state index contributed by atoms with van der Waals surface area (Å²) >= 11 is 0. The molecular weight excluding hydrogens is 296 g/mol. The van der Waals surface area contributed by atoms with Crippen LogP contribution in [-0.4, -0.2) is 28.5 Å². The normalized spacial score (nSPS) is 31.8. The lowest BCUT2D eigenvalue weighted by Crippen LogP contribution is -2.24. The molecule has 120 valence electrons. The summed E-state index contributed by atoms with van der Waals surface area (Å²) in [6.07, 6.45) is 17.0. The SMILES string of the molecule is C1=C/C2=C/c3ccc([nH]3)CC3CCC(=N3)CC3C=C/C(=C/C1=N2)N3. The first-order valence-corrected chi connectivity index (χ1v) is 8.68. The van der Waals surface area contributed by atoms with Crippen molar-refractivity contribution in [3.63, 3.8) is 0 Å². The van der Waals surface area contributed by atoms with Gasteiger partial charge in [-0.05, 0) is 55.4 Å². The predicted octanol–water partition coefficient (Wildman–Crippen LogP) is 3.33. The van der Waals surface area contributed by atoms with Crippen LogP contribution in [0.3, 0.4) is 0 Å². The van der Waals surface area contributed by atoms with Gasteiger partial charge in [-0.3, -0.25) is 4.99 Å². The minimum atomic E-state index is 0.361. The Morgan fingerprint density at radius 1 is 1.04 bits per heavy atom. The zero-order chi connectivity index (χ0) is 15.9. The summed E-state index contributed by atoms with van der Waals surface area (Å²) < 4.78 is 0. The van der Waals surface area contributed by atoms with Gasteiger partial charge in [0.1, 0.15) is 0 Å². The van der Waals surface area contributed by atoms with Gasteiger partial charge in [0.2, 0.25) is 0 Å². The molecule has 5 heterocycles. The zero-order valence-electron chi connectivity index (χ0n) is 13.5. The largest absolute Gasteiger partial charge is 0.378 e. The molecule has 4 nitrogen and oxygen atoms in total. The number of hydrogen-bond donors (Lipinski definition) is 2. The van der Waals surface area contributed by atoms with Crippen LogP contribution in [0, 0.1) is 0 Å². The van der Waals surface area contributed by atoms with Crippen molar-refractivity contribution in [2.24, 2.45) is 9.98 Å². The third-order valence-corrected chi connectivity index (χ3v) is 4.96. The average Bonchev–Trinajstić information content (AvgIpc) is 3.32. The van der Waals surface area contributed by atoms with Crippen LogP contribution >= 0.6 is 0 Å². The first kappa shape index (κ1) is 13.8. The van der Waals surface area contributed by atoms with E-state index in [0.29, 0.717) is 12.1 Å². The Morgan fingerprint density at radius 2 is 2.04 bits per heavy atom. The van der Waals surface area contributed by atoms with E-state index in [4.69, 9.17) is 4.99 Å². The highest BCUT2D eigenvalue weighted by atomic mass is 15.0. The van der Waals surface area contributed by atoms with Crippen molar-refractivity contribution in [1.29, 1.82) is 0 Å². The molecule has 2 atom stereocenters. The summed E-state index contributed by atoms with van der Waals surface area (Å²) in [4.78, 5) is 13.1. The van der Waals surface area contributed by atoms with Gasteiger partial charge in [0, 0.05) is 41.7 Å². The number of fused-ring (bicyclic) bond motifs is 6. The maximum Gasteiger partial charge on any atom is 0.0658 e. The lowest BCUT2D eigenvalue weighted by Gasteiger charge is -2.10. The minimum absolute atomic E-state index is 0.361. The molecule has 2 unspecified atom stereocenters. The lowest BCUT2D eigenvalue weighted by molar-refractivity contribution is 0.659. The number of aromatic amines is 1. The second-order valence-electron chi connectivity index (χ2n) is 6.88. The summed E-state index contributed by atoms with van der Waals surface area (Å²) in [6.45, 7) is 0. The molecule has 4 aliphatic heterocycles. The number of hydrogen-bond acceptors (Lipinski definition) is 3. The van der Waals surface area contributed by atoms with E-state index in [-0.39, 0.29) is 0 Å². The van der Waals surface area contributed by atoms with Crippen molar-refractivity contribution in [3.05, 3.63) is 65.3 Å². The zero-order valence-corrected chi connectivity index (χ0v) is 13.5. The fourth-order valence-corrected chi connectivity index (χ4v) is 3.81. The second-order valence-corrected chi connectivity index (χ2v) is 6.88. The van der Waals surface area contributed by atoms with Gasteiger partial charge in [0.05, 0.1) is 17.5 Å². The van der Waals surface area contributed by atoms with Crippen molar-refractivity contribution in [1.82, 2.24) is 10.3 Å². The molecule has 0 radical (unpaired) electrons. The molecule has 0 aromatic carbocycles. The van der Waals surface area contributed by atoms with E-state index < -0.39 is 0 Å². The van der Waals surface area contributed by atoms with Crippen LogP contribution < -0.4 is 5.32 Å². The summed E-state index contributed by atoms with van der Waals surface area (Å²) in [7, 11) is 0. The minimum Gasteiger partial charge on any atom is -0.378 e. The number of rotatable bonds is 0. The van der Waals surface area contributed by atoms with Gasteiger partial charge in [-0.1, -0.05) is 6.08 Å². The molecule has 0 aliphatic carbocycles. The quantitative estimate of drug-likeness (QED) is 0.758. The first-order valence-electron chi connectivity index (χ1n) is 8.68. The number of nitrogens with one attached hydrogen (secondary N) is 2. The van der Waals surface area contributed by atoms with E-state index in [1.165, 1.54) is 17.8 Å². The van der Waals surface area contributed by atoms with Crippen LogP contribution in [-0.2, 0) is 6.42 Å². The van der Waals surface area contributed by atoms with Crippen molar-refractivity contribution in [2.75, 3.05) is 0 Å². The van der Waals surface area contributed by atoms with E-state index in [1.807, 2.05) is 0 Å². The highest BCUT2D eigenvalue weighted by Crippen LogP contribution is 2.23. The third-order valence-electron chi connectivity index (χ3n) is 4.96. The highest BCUT2D eigenvalue weighted by Gasteiger charge is 2.22. The van der Waals surface area contributed by atoms with Crippen LogP contribution in [0.4, 0.5) is 0 Å². The Balaban J connectivity index is 1.52. The smallest absolute Gasteiger partial charge is 0.0658 e. The molecule has 0 spiro atoms.